The smallest absolute Gasteiger partial charge is 0.335 e. The molecule has 4 aromatic rings. The van der Waals surface area contributed by atoms with Crippen LogP contribution < -0.4 is 0 Å². The van der Waals surface area contributed by atoms with Gasteiger partial charge < -0.3 is 9.09 Å². The molecule has 0 aromatic carbocycles. The van der Waals surface area contributed by atoms with Gasteiger partial charge in [0.05, 0.1) is 14.6 Å². The third-order valence-electron chi connectivity index (χ3n) is 5.88. The van der Waals surface area contributed by atoms with Gasteiger partial charge in [0, 0.05) is 24.6 Å². The number of rotatable bonds is 6. The SMILES string of the molecule is CCS(=N)(=O)c1cc(-c2noc(C3(F)CC3)n2)cnc1-c1nc2cc(C(F)(F)C(F)(F)F)nnc2n1C. The molecule has 4 aromatic heterocycles. The number of pyridine rings is 1. The van der Waals surface area contributed by atoms with E-state index in [1.807, 2.05) is 0 Å². The topological polar surface area (TPSA) is 136 Å². The first-order valence-corrected chi connectivity index (χ1v) is 12.4. The molecule has 1 aliphatic carbocycles. The monoisotopic (exact) mass is 546 g/mol. The second kappa shape index (κ2) is 7.93. The first kappa shape index (κ1) is 25.0. The van der Waals surface area contributed by atoms with Crippen molar-refractivity contribution in [2.75, 3.05) is 5.75 Å². The normalized spacial score (nSPS) is 17.2. The van der Waals surface area contributed by atoms with Crippen LogP contribution in [-0.4, -0.2) is 51.0 Å². The van der Waals surface area contributed by atoms with Gasteiger partial charge in [0.25, 0.3) is 5.89 Å². The van der Waals surface area contributed by atoms with Crippen molar-refractivity contribution in [1.82, 2.24) is 34.9 Å². The zero-order valence-electron chi connectivity index (χ0n) is 19.0. The summed E-state index contributed by atoms with van der Waals surface area (Å²) in [5.41, 5.74) is -3.78. The summed E-state index contributed by atoms with van der Waals surface area (Å²) in [5, 5.41) is 10.2. The second-order valence-corrected chi connectivity index (χ2v) is 10.8. The third kappa shape index (κ3) is 4.00. The third-order valence-corrected chi connectivity index (χ3v) is 7.71. The Balaban J connectivity index is 1.64. The van der Waals surface area contributed by atoms with Gasteiger partial charge in [-0.05, 0) is 25.0 Å². The highest BCUT2D eigenvalue weighted by molar-refractivity contribution is 7.92. The van der Waals surface area contributed by atoms with Crippen molar-refractivity contribution in [3.8, 4) is 22.9 Å². The Kier molecular flexibility index (Phi) is 5.37. The van der Waals surface area contributed by atoms with Crippen LogP contribution in [0.1, 0.15) is 31.4 Å². The summed E-state index contributed by atoms with van der Waals surface area (Å²) >= 11 is 0. The van der Waals surface area contributed by atoms with E-state index in [-0.39, 0.29) is 63.5 Å². The lowest BCUT2D eigenvalue weighted by atomic mass is 10.2. The van der Waals surface area contributed by atoms with Gasteiger partial charge in [0.1, 0.15) is 16.9 Å². The fraction of sp³-hybridized carbons (Fsp3) is 0.400. The summed E-state index contributed by atoms with van der Waals surface area (Å²) in [6.45, 7) is 1.49. The second-order valence-electron chi connectivity index (χ2n) is 8.43. The molecule has 1 atom stereocenters. The number of nitrogens with one attached hydrogen (secondary N) is 1. The van der Waals surface area contributed by atoms with Crippen LogP contribution in [0.3, 0.4) is 0 Å². The Hall–Kier alpha value is -3.63. The van der Waals surface area contributed by atoms with Crippen LogP contribution in [0.15, 0.2) is 27.7 Å². The molecule has 1 unspecified atom stereocenters. The molecule has 1 aliphatic rings. The molecule has 0 spiro atoms. The van der Waals surface area contributed by atoms with E-state index >= 15 is 0 Å². The lowest BCUT2D eigenvalue weighted by Crippen LogP contribution is -2.34. The van der Waals surface area contributed by atoms with Crippen LogP contribution in [0.25, 0.3) is 34.1 Å². The minimum Gasteiger partial charge on any atom is -0.335 e. The number of aryl methyl sites for hydroxylation is 1. The Labute approximate surface area is 204 Å². The fourth-order valence-corrected chi connectivity index (χ4v) is 4.57. The van der Waals surface area contributed by atoms with Crippen LogP contribution in [0.2, 0.25) is 0 Å². The zero-order valence-corrected chi connectivity index (χ0v) is 19.8. The van der Waals surface area contributed by atoms with E-state index in [4.69, 9.17) is 9.30 Å². The minimum atomic E-state index is -5.90. The van der Waals surface area contributed by atoms with Crippen molar-refractivity contribution in [3.63, 3.8) is 0 Å². The molecule has 0 amide bonds. The van der Waals surface area contributed by atoms with E-state index in [1.165, 1.54) is 30.8 Å². The average molecular weight is 546 g/mol. The highest BCUT2D eigenvalue weighted by Gasteiger charge is 2.60. The maximum atomic E-state index is 14.3. The van der Waals surface area contributed by atoms with Crippen LogP contribution in [0, 0.1) is 4.78 Å². The van der Waals surface area contributed by atoms with E-state index in [1.54, 1.807) is 0 Å². The van der Waals surface area contributed by atoms with E-state index in [9.17, 15) is 30.6 Å². The van der Waals surface area contributed by atoms with Gasteiger partial charge in [-0.25, -0.2) is 18.4 Å². The highest BCUT2D eigenvalue weighted by atomic mass is 32.2. The first-order chi connectivity index (χ1) is 17.2. The van der Waals surface area contributed by atoms with Gasteiger partial charge in [0.15, 0.2) is 17.1 Å². The van der Waals surface area contributed by atoms with Gasteiger partial charge in [-0.3, -0.25) is 4.98 Å². The Morgan fingerprint density at radius 1 is 1.16 bits per heavy atom. The number of fused-ring (bicyclic) bond motifs is 1. The highest BCUT2D eigenvalue weighted by Crippen LogP contribution is 2.49. The number of aromatic nitrogens is 7. The van der Waals surface area contributed by atoms with Gasteiger partial charge in [-0.2, -0.15) is 26.9 Å². The van der Waals surface area contributed by atoms with Crippen LogP contribution >= 0.6 is 0 Å². The predicted molar refractivity (Wildman–Crippen MR) is 114 cm³/mol. The molecule has 0 bridgehead atoms. The average Bonchev–Trinajstić information content (AvgIpc) is 3.26. The summed E-state index contributed by atoms with van der Waals surface area (Å²) in [5.74, 6) is -5.80. The molecule has 1 N–H and O–H groups in total. The molecular formula is C20H16F6N8O2S. The fourth-order valence-electron chi connectivity index (χ4n) is 3.48. The quantitative estimate of drug-likeness (QED) is 0.349. The largest absolute Gasteiger partial charge is 0.459 e. The van der Waals surface area contributed by atoms with Crippen molar-refractivity contribution in [3.05, 3.63) is 29.9 Å². The van der Waals surface area contributed by atoms with Crippen LogP contribution in [0.5, 0.6) is 0 Å². The molecule has 0 aliphatic heterocycles. The molecular weight excluding hydrogens is 530 g/mol. The summed E-state index contributed by atoms with van der Waals surface area (Å²) in [4.78, 5) is 12.2. The van der Waals surface area contributed by atoms with E-state index < -0.39 is 33.2 Å². The predicted octanol–water partition coefficient (Wildman–Crippen LogP) is 4.51. The molecule has 37 heavy (non-hydrogen) atoms. The Bertz CT molecular complexity index is 1640. The van der Waals surface area contributed by atoms with Gasteiger partial charge >= 0.3 is 12.1 Å². The zero-order chi connectivity index (χ0) is 27.0. The van der Waals surface area contributed by atoms with E-state index in [2.05, 4.69) is 30.3 Å². The van der Waals surface area contributed by atoms with Crippen LogP contribution in [-0.2, 0) is 28.4 Å². The molecule has 1 saturated carbocycles. The maximum absolute atomic E-state index is 14.3. The van der Waals surface area contributed by atoms with Crippen molar-refractivity contribution in [2.24, 2.45) is 7.05 Å². The molecule has 4 heterocycles. The first-order valence-electron chi connectivity index (χ1n) is 10.6. The standard InChI is InChI=1S/C20H16F6N8O2S/c1-3-37(27,35)11-6-9(14-30-17(36-33-14)18(21)4-5-18)8-28-13(11)16-29-10-7-12(19(22,23)20(24,25)26)31-32-15(10)34(16)2/h6-8,27H,3-5H2,1-2H3. The lowest BCUT2D eigenvalue weighted by molar-refractivity contribution is -0.291. The summed E-state index contributed by atoms with van der Waals surface area (Å²) in [6.07, 6.45) is -4.20. The van der Waals surface area contributed by atoms with Crippen LogP contribution in [0.4, 0.5) is 26.3 Å². The lowest BCUT2D eigenvalue weighted by Gasteiger charge is -2.17. The van der Waals surface area contributed by atoms with E-state index in [0.717, 1.165) is 0 Å². The molecule has 5 rings (SSSR count). The van der Waals surface area contributed by atoms with Gasteiger partial charge in [-0.15, -0.1) is 10.2 Å². The van der Waals surface area contributed by atoms with Crippen molar-refractivity contribution in [2.45, 2.75) is 42.4 Å². The van der Waals surface area contributed by atoms with Crippen molar-refractivity contribution in [1.29, 1.82) is 4.78 Å². The molecule has 0 radical (unpaired) electrons. The summed E-state index contributed by atoms with van der Waals surface area (Å²) in [7, 11) is -2.13. The van der Waals surface area contributed by atoms with E-state index in [0.29, 0.717) is 6.07 Å². The summed E-state index contributed by atoms with van der Waals surface area (Å²) in [6, 6.07) is 1.75. The van der Waals surface area contributed by atoms with Crippen molar-refractivity contribution < 1.29 is 35.1 Å². The molecule has 0 saturated heterocycles. The number of hydrogen-bond donors (Lipinski definition) is 1. The maximum Gasteiger partial charge on any atom is 0.459 e. The molecule has 10 nitrogen and oxygen atoms in total. The number of hydrogen-bond acceptors (Lipinski definition) is 9. The Morgan fingerprint density at radius 2 is 1.86 bits per heavy atom. The number of nitrogens with zero attached hydrogens (tertiary/aromatic N) is 7. The van der Waals surface area contributed by atoms with Gasteiger partial charge in [-0.1, -0.05) is 12.1 Å². The van der Waals surface area contributed by atoms with Gasteiger partial charge in [0.2, 0.25) is 5.82 Å². The number of alkyl halides is 6. The number of halogens is 6. The minimum absolute atomic E-state index is 0.0552. The summed E-state index contributed by atoms with van der Waals surface area (Å²) < 4.78 is 108. The molecule has 17 heteroatoms. The molecule has 1 fully saturated rings. The number of imidazole rings is 1. The Morgan fingerprint density at radius 3 is 2.49 bits per heavy atom. The van der Waals surface area contributed by atoms with Crippen molar-refractivity contribution >= 4 is 20.9 Å². The molecule has 196 valence electrons.